The van der Waals surface area contributed by atoms with Crippen molar-refractivity contribution in [2.45, 2.75) is 10.4 Å². The minimum absolute atomic E-state index is 0.128. The number of ether oxygens (including phenoxy) is 1. The zero-order valence-electron chi connectivity index (χ0n) is 16.5. The summed E-state index contributed by atoms with van der Waals surface area (Å²) in [5.74, 6) is 1.40. The van der Waals surface area contributed by atoms with E-state index in [2.05, 4.69) is 15.5 Å². The molecule has 0 aliphatic rings. The average Bonchev–Trinajstić information content (AvgIpc) is 3.43. The molecule has 0 saturated carbocycles. The molecule has 152 valence electrons. The van der Waals surface area contributed by atoms with Gasteiger partial charge in [-0.15, -0.1) is 21.5 Å². The van der Waals surface area contributed by atoms with Gasteiger partial charge in [-0.3, -0.25) is 4.79 Å². The van der Waals surface area contributed by atoms with Crippen LogP contribution in [0.5, 0.6) is 5.75 Å². The molecule has 1 unspecified atom stereocenters. The van der Waals surface area contributed by atoms with Gasteiger partial charge in [-0.1, -0.05) is 48.2 Å². The van der Waals surface area contributed by atoms with Crippen LogP contribution in [0.15, 0.2) is 77.3 Å². The number of methoxy groups -OCH3 is 1. The van der Waals surface area contributed by atoms with Gasteiger partial charge in [-0.25, -0.2) is 0 Å². The van der Waals surface area contributed by atoms with Crippen LogP contribution in [0.2, 0.25) is 0 Å². The number of thiophene rings is 1. The first-order valence-corrected chi connectivity index (χ1v) is 11.0. The number of hydrogen-bond acceptors (Lipinski definition) is 6. The summed E-state index contributed by atoms with van der Waals surface area (Å²) in [5.41, 5.74) is 1.61. The molecule has 1 atom stereocenters. The van der Waals surface area contributed by atoms with Gasteiger partial charge in [0.05, 0.1) is 12.0 Å². The largest absolute Gasteiger partial charge is 0.497 e. The number of rotatable bonds is 7. The van der Waals surface area contributed by atoms with Gasteiger partial charge < -0.3 is 14.6 Å². The lowest BCUT2D eigenvalue weighted by molar-refractivity contribution is -0.115. The van der Waals surface area contributed by atoms with E-state index in [1.54, 1.807) is 18.4 Å². The van der Waals surface area contributed by atoms with Crippen LogP contribution in [0.3, 0.4) is 0 Å². The first-order chi connectivity index (χ1) is 14.7. The Morgan fingerprint density at radius 3 is 2.50 bits per heavy atom. The summed E-state index contributed by atoms with van der Waals surface area (Å²) in [6, 6.07) is 20.9. The molecule has 30 heavy (non-hydrogen) atoms. The molecule has 8 heteroatoms. The van der Waals surface area contributed by atoms with E-state index < -0.39 is 5.25 Å². The Morgan fingerprint density at radius 2 is 1.83 bits per heavy atom. The third kappa shape index (κ3) is 4.39. The Labute approximate surface area is 182 Å². The first kappa shape index (κ1) is 20.2. The molecule has 0 bridgehead atoms. The molecular weight excluding hydrogens is 416 g/mol. The predicted molar refractivity (Wildman–Crippen MR) is 121 cm³/mol. The summed E-state index contributed by atoms with van der Waals surface area (Å²) in [4.78, 5) is 14.2. The number of nitrogens with zero attached hydrogens (tertiary/aromatic N) is 3. The second-order valence-corrected chi connectivity index (χ2v) is 8.49. The van der Waals surface area contributed by atoms with Crippen molar-refractivity contribution in [3.63, 3.8) is 0 Å². The van der Waals surface area contributed by atoms with Crippen LogP contribution in [0.25, 0.3) is 10.7 Å². The van der Waals surface area contributed by atoms with Crippen LogP contribution in [0.4, 0.5) is 5.69 Å². The molecule has 1 amide bonds. The molecule has 0 fully saturated rings. The van der Waals surface area contributed by atoms with Gasteiger partial charge in [0.25, 0.3) is 0 Å². The molecule has 2 heterocycles. The number of nitrogens with one attached hydrogen (secondary N) is 1. The molecule has 4 rings (SSSR count). The minimum Gasteiger partial charge on any atom is -0.497 e. The highest BCUT2D eigenvalue weighted by molar-refractivity contribution is 8.00. The SMILES string of the molecule is COc1ccc(NC(=O)C(Sc2nnc(-c3cccs3)n2C)c2ccccc2)cc1. The second kappa shape index (κ2) is 9.15. The van der Waals surface area contributed by atoms with E-state index in [4.69, 9.17) is 4.74 Å². The van der Waals surface area contributed by atoms with Gasteiger partial charge in [0.1, 0.15) is 11.0 Å². The van der Waals surface area contributed by atoms with Crippen molar-refractivity contribution >= 4 is 34.7 Å². The Hall–Kier alpha value is -3.10. The Morgan fingerprint density at radius 1 is 1.07 bits per heavy atom. The molecule has 0 aliphatic heterocycles. The molecular formula is C22H20N4O2S2. The van der Waals surface area contributed by atoms with Crippen LogP contribution in [-0.4, -0.2) is 27.8 Å². The van der Waals surface area contributed by atoms with E-state index in [-0.39, 0.29) is 5.91 Å². The van der Waals surface area contributed by atoms with E-state index in [9.17, 15) is 4.79 Å². The fourth-order valence-electron chi connectivity index (χ4n) is 2.93. The number of aromatic nitrogens is 3. The van der Waals surface area contributed by atoms with Gasteiger partial charge in [-0.05, 0) is 41.3 Å². The Kier molecular flexibility index (Phi) is 6.15. The monoisotopic (exact) mass is 436 g/mol. The topological polar surface area (TPSA) is 69.0 Å². The minimum atomic E-state index is -0.479. The lowest BCUT2D eigenvalue weighted by atomic mass is 10.1. The van der Waals surface area contributed by atoms with Crippen LogP contribution in [0, 0.1) is 0 Å². The Bertz CT molecular complexity index is 1110. The van der Waals surface area contributed by atoms with Crippen molar-refractivity contribution in [1.82, 2.24) is 14.8 Å². The molecule has 4 aromatic rings. The van der Waals surface area contributed by atoms with Crippen LogP contribution in [-0.2, 0) is 11.8 Å². The molecule has 0 spiro atoms. The summed E-state index contributed by atoms with van der Waals surface area (Å²) in [6.45, 7) is 0. The standard InChI is InChI=1S/C22H20N4O2S2/c1-26-20(18-9-6-14-29-18)24-25-22(26)30-19(15-7-4-3-5-8-15)21(27)23-16-10-12-17(28-2)13-11-16/h3-14,19H,1-2H3,(H,23,27). The highest BCUT2D eigenvalue weighted by Crippen LogP contribution is 2.37. The van der Waals surface area contributed by atoms with E-state index in [1.165, 1.54) is 11.8 Å². The number of anilines is 1. The quantitative estimate of drug-likeness (QED) is 0.412. The van der Waals surface area contributed by atoms with Crippen molar-refractivity contribution < 1.29 is 9.53 Å². The number of amides is 1. The maximum atomic E-state index is 13.2. The van der Waals surface area contributed by atoms with Gasteiger partial charge >= 0.3 is 0 Å². The van der Waals surface area contributed by atoms with Crippen molar-refractivity contribution in [2.24, 2.45) is 7.05 Å². The van der Waals surface area contributed by atoms with Crippen molar-refractivity contribution in [2.75, 3.05) is 12.4 Å². The Balaban J connectivity index is 1.60. The number of benzene rings is 2. The van der Waals surface area contributed by atoms with E-state index in [0.717, 1.165) is 22.0 Å². The zero-order valence-corrected chi connectivity index (χ0v) is 18.1. The molecule has 6 nitrogen and oxygen atoms in total. The maximum absolute atomic E-state index is 13.2. The van der Waals surface area contributed by atoms with Gasteiger partial charge in [0.2, 0.25) is 5.91 Å². The molecule has 1 N–H and O–H groups in total. The number of carbonyl (C=O) groups excluding carboxylic acids is 1. The average molecular weight is 437 g/mol. The second-order valence-electron chi connectivity index (χ2n) is 6.47. The normalized spacial score (nSPS) is 11.8. The van der Waals surface area contributed by atoms with E-state index in [0.29, 0.717) is 10.8 Å². The fourth-order valence-corrected chi connectivity index (χ4v) is 4.67. The molecule has 2 aromatic heterocycles. The molecule has 2 aromatic carbocycles. The van der Waals surface area contributed by atoms with Crippen molar-refractivity contribution in [3.05, 3.63) is 77.7 Å². The maximum Gasteiger partial charge on any atom is 0.242 e. The van der Waals surface area contributed by atoms with Crippen LogP contribution < -0.4 is 10.1 Å². The fraction of sp³-hybridized carbons (Fsp3) is 0.136. The lowest BCUT2D eigenvalue weighted by Crippen LogP contribution is -2.19. The number of carbonyl (C=O) groups is 1. The molecule has 0 saturated heterocycles. The summed E-state index contributed by atoms with van der Waals surface area (Å²) in [5, 5.41) is 13.9. The summed E-state index contributed by atoms with van der Waals surface area (Å²) < 4.78 is 7.11. The molecule has 0 radical (unpaired) electrons. The summed E-state index contributed by atoms with van der Waals surface area (Å²) >= 11 is 2.99. The summed E-state index contributed by atoms with van der Waals surface area (Å²) in [7, 11) is 3.53. The van der Waals surface area contributed by atoms with Crippen LogP contribution in [0.1, 0.15) is 10.8 Å². The number of thioether (sulfide) groups is 1. The third-order valence-electron chi connectivity index (χ3n) is 4.50. The van der Waals surface area contributed by atoms with E-state index >= 15 is 0 Å². The third-order valence-corrected chi connectivity index (χ3v) is 6.65. The highest BCUT2D eigenvalue weighted by Gasteiger charge is 2.25. The van der Waals surface area contributed by atoms with E-state index in [1.807, 2.05) is 83.7 Å². The molecule has 0 aliphatic carbocycles. The summed E-state index contributed by atoms with van der Waals surface area (Å²) in [6.07, 6.45) is 0. The lowest BCUT2D eigenvalue weighted by Gasteiger charge is -2.16. The van der Waals surface area contributed by atoms with Gasteiger partial charge in [-0.2, -0.15) is 0 Å². The van der Waals surface area contributed by atoms with Crippen LogP contribution >= 0.6 is 23.1 Å². The zero-order chi connectivity index (χ0) is 20.9. The van der Waals surface area contributed by atoms with Gasteiger partial charge in [0, 0.05) is 12.7 Å². The number of hydrogen-bond donors (Lipinski definition) is 1. The predicted octanol–water partition coefficient (Wildman–Crippen LogP) is 5.02. The first-order valence-electron chi connectivity index (χ1n) is 9.25. The highest BCUT2D eigenvalue weighted by atomic mass is 32.2. The van der Waals surface area contributed by atoms with Crippen molar-refractivity contribution in [1.29, 1.82) is 0 Å². The van der Waals surface area contributed by atoms with Crippen molar-refractivity contribution in [3.8, 4) is 16.5 Å². The van der Waals surface area contributed by atoms with Gasteiger partial charge in [0.15, 0.2) is 11.0 Å². The smallest absolute Gasteiger partial charge is 0.242 e.